The standard InChI is InChI=1S/C25H31NO4.ClH/c1-19-7-3-4-11-23(19)24(20-8-5-10-22(17-20)29-2)12-15-30-16-14-26-13-6-9-21(18-26)25(27)28;/h3-5,7-8,10-12,17,21H,6,9,13-16,18H2,1-2H3,(H,27,28);1H/b24-12+;/t21-;/m1./s1. The van der Waals surface area contributed by atoms with Gasteiger partial charge in [-0.25, -0.2) is 0 Å². The second-order valence-corrected chi connectivity index (χ2v) is 7.72. The first kappa shape index (κ1) is 24.9. The minimum atomic E-state index is -0.690. The summed E-state index contributed by atoms with van der Waals surface area (Å²) in [6.07, 6.45) is 3.83. The molecule has 2 aromatic carbocycles. The summed E-state index contributed by atoms with van der Waals surface area (Å²) in [7, 11) is 1.68. The van der Waals surface area contributed by atoms with E-state index in [4.69, 9.17) is 9.47 Å². The number of methoxy groups -OCH3 is 1. The van der Waals surface area contributed by atoms with Crippen LogP contribution in [-0.4, -0.2) is 55.9 Å². The molecule has 0 bridgehead atoms. The number of carboxylic acid groups (broad SMARTS) is 1. The first-order chi connectivity index (χ1) is 14.6. The molecule has 0 radical (unpaired) electrons. The summed E-state index contributed by atoms with van der Waals surface area (Å²) in [4.78, 5) is 13.4. The molecule has 1 N–H and O–H groups in total. The normalized spacial score (nSPS) is 17.1. The summed E-state index contributed by atoms with van der Waals surface area (Å²) >= 11 is 0. The Labute approximate surface area is 191 Å². The van der Waals surface area contributed by atoms with Gasteiger partial charge in [0.25, 0.3) is 0 Å². The van der Waals surface area contributed by atoms with Crippen molar-refractivity contribution < 1.29 is 19.4 Å². The van der Waals surface area contributed by atoms with Gasteiger partial charge < -0.3 is 19.5 Å². The van der Waals surface area contributed by atoms with Crippen LogP contribution in [0.4, 0.5) is 0 Å². The Balaban J connectivity index is 0.00000341. The van der Waals surface area contributed by atoms with Crippen molar-refractivity contribution in [3.05, 3.63) is 71.3 Å². The number of piperidine rings is 1. The maximum atomic E-state index is 11.2. The predicted octanol–water partition coefficient (Wildman–Crippen LogP) is 4.67. The molecule has 6 heteroatoms. The van der Waals surface area contributed by atoms with Crippen molar-refractivity contribution in [2.75, 3.05) is 40.0 Å². The first-order valence-electron chi connectivity index (χ1n) is 10.5. The van der Waals surface area contributed by atoms with Gasteiger partial charge in [-0.3, -0.25) is 4.79 Å². The second kappa shape index (κ2) is 12.5. The Morgan fingerprint density at radius 2 is 2.03 bits per heavy atom. The highest BCUT2D eigenvalue weighted by Crippen LogP contribution is 2.28. The number of halogens is 1. The maximum Gasteiger partial charge on any atom is 0.307 e. The van der Waals surface area contributed by atoms with Crippen LogP contribution in [-0.2, 0) is 9.53 Å². The van der Waals surface area contributed by atoms with E-state index in [2.05, 4.69) is 36.1 Å². The van der Waals surface area contributed by atoms with E-state index >= 15 is 0 Å². The Morgan fingerprint density at radius 3 is 2.77 bits per heavy atom. The number of hydrogen-bond donors (Lipinski definition) is 1. The van der Waals surface area contributed by atoms with Gasteiger partial charge in [0.1, 0.15) is 5.75 Å². The number of hydrogen-bond acceptors (Lipinski definition) is 4. The number of carbonyl (C=O) groups is 1. The molecule has 3 rings (SSSR count). The quantitative estimate of drug-likeness (QED) is 0.568. The molecule has 0 unspecified atom stereocenters. The third kappa shape index (κ3) is 7.10. The fraction of sp³-hybridized carbons (Fsp3) is 0.400. The smallest absolute Gasteiger partial charge is 0.307 e. The maximum absolute atomic E-state index is 11.2. The molecule has 2 aromatic rings. The van der Waals surface area contributed by atoms with Gasteiger partial charge in [-0.1, -0.05) is 42.5 Å². The SMILES string of the molecule is COc1cccc(/C(=C\COCCN2CCC[C@@H](C(=O)O)C2)c2ccccc2C)c1.Cl. The van der Waals surface area contributed by atoms with Crippen LogP contribution in [0, 0.1) is 12.8 Å². The van der Waals surface area contributed by atoms with E-state index in [-0.39, 0.29) is 18.3 Å². The molecule has 168 valence electrons. The average Bonchev–Trinajstić information content (AvgIpc) is 2.77. The van der Waals surface area contributed by atoms with Gasteiger partial charge in [-0.15, -0.1) is 12.4 Å². The predicted molar refractivity (Wildman–Crippen MR) is 126 cm³/mol. The molecule has 1 atom stereocenters. The van der Waals surface area contributed by atoms with Crippen molar-refractivity contribution in [2.45, 2.75) is 19.8 Å². The molecule has 0 spiro atoms. The number of benzene rings is 2. The van der Waals surface area contributed by atoms with E-state index in [9.17, 15) is 9.90 Å². The van der Waals surface area contributed by atoms with Gasteiger partial charge in [-0.05, 0) is 60.7 Å². The van der Waals surface area contributed by atoms with Crippen LogP contribution in [0.5, 0.6) is 5.75 Å². The molecule has 1 heterocycles. The summed E-state index contributed by atoms with van der Waals surface area (Å²) in [5.74, 6) is -0.116. The van der Waals surface area contributed by atoms with Gasteiger partial charge in [0.15, 0.2) is 0 Å². The average molecular weight is 446 g/mol. The molecule has 31 heavy (non-hydrogen) atoms. The summed E-state index contributed by atoms with van der Waals surface area (Å²) in [5, 5.41) is 9.23. The number of aliphatic carboxylic acids is 1. The van der Waals surface area contributed by atoms with E-state index in [0.29, 0.717) is 19.8 Å². The van der Waals surface area contributed by atoms with Crippen LogP contribution < -0.4 is 4.74 Å². The Kier molecular flexibility index (Phi) is 10.0. The summed E-state index contributed by atoms with van der Waals surface area (Å²) in [6, 6.07) is 16.4. The molecular formula is C25H32ClNO4. The van der Waals surface area contributed by atoms with E-state index in [1.54, 1.807) is 7.11 Å². The van der Waals surface area contributed by atoms with E-state index in [1.807, 2.05) is 30.3 Å². The molecule has 5 nitrogen and oxygen atoms in total. The van der Waals surface area contributed by atoms with Crippen molar-refractivity contribution in [1.29, 1.82) is 0 Å². The molecule has 0 saturated carbocycles. The van der Waals surface area contributed by atoms with Crippen molar-refractivity contribution >= 4 is 23.9 Å². The third-order valence-corrected chi connectivity index (χ3v) is 5.63. The summed E-state index contributed by atoms with van der Waals surface area (Å²) < 4.78 is 11.3. The number of aryl methyl sites for hydroxylation is 1. The van der Waals surface area contributed by atoms with Crippen molar-refractivity contribution in [2.24, 2.45) is 5.92 Å². The molecule has 0 aromatic heterocycles. The lowest BCUT2D eigenvalue weighted by atomic mass is 9.94. The highest BCUT2D eigenvalue weighted by Gasteiger charge is 2.24. The molecule has 0 amide bonds. The van der Waals surface area contributed by atoms with E-state index < -0.39 is 5.97 Å². The number of rotatable bonds is 9. The van der Waals surface area contributed by atoms with Crippen LogP contribution in [0.15, 0.2) is 54.6 Å². The molecule has 1 aliphatic rings. The zero-order valence-electron chi connectivity index (χ0n) is 18.3. The zero-order chi connectivity index (χ0) is 21.3. The molecule has 1 saturated heterocycles. The van der Waals surface area contributed by atoms with Crippen molar-refractivity contribution in [3.63, 3.8) is 0 Å². The Morgan fingerprint density at radius 1 is 1.23 bits per heavy atom. The fourth-order valence-corrected chi connectivity index (χ4v) is 3.93. The van der Waals surface area contributed by atoms with Gasteiger partial charge in [0, 0.05) is 13.1 Å². The van der Waals surface area contributed by atoms with Crippen molar-refractivity contribution in [3.8, 4) is 5.75 Å². The first-order valence-corrected chi connectivity index (χ1v) is 10.5. The molecule has 1 aliphatic heterocycles. The zero-order valence-corrected chi connectivity index (χ0v) is 19.1. The van der Waals surface area contributed by atoms with E-state index in [0.717, 1.165) is 42.8 Å². The molecular weight excluding hydrogens is 414 g/mol. The lowest BCUT2D eigenvalue weighted by Gasteiger charge is -2.30. The van der Waals surface area contributed by atoms with Crippen molar-refractivity contribution in [1.82, 2.24) is 4.90 Å². The van der Waals surface area contributed by atoms with Crippen LogP contribution >= 0.6 is 12.4 Å². The highest BCUT2D eigenvalue weighted by atomic mass is 35.5. The minimum Gasteiger partial charge on any atom is -0.497 e. The van der Waals surface area contributed by atoms with Gasteiger partial charge in [0.2, 0.25) is 0 Å². The van der Waals surface area contributed by atoms with Crippen LogP contribution in [0.2, 0.25) is 0 Å². The summed E-state index contributed by atoms with van der Waals surface area (Å²) in [5.41, 5.74) is 4.60. The minimum absolute atomic E-state index is 0. The summed E-state index contributed by atoms with van der Waals surface area (Å²) in [6.45, 7) is 5.52. The lowest BCUT2D eigenvalue weighted by Crippen LogP contribution is -2.40. The molecule has 0 aliphatic carbocycles. The van der Waals surface area contributed by atoms with E-state index in [1.165, 1.54) is 11.1 Å². The highest BCUT2D eigenvalue weighted by molar-refractivity contribution is 5.85. The number of carboxylic acids is 1. The Hall–Kier alpha value is -2.34. The monoisotopic (exact) mass is 445 g/mol. The number of likely N-dealkylation sites (tertiary alicyclic amines) is 1. The Bertz CT molecular complexity index is 883. The van der Waals surface area contributed by atoms with Crippen LogP contribution in [0.25, 0.3) is 5.57 Å². The van der Waals surface area contributed by atoms with Gasteiger partial charge >= 0.3 is 5.97 Å². The topological polar surface area (TPSA) is 59.0 Å². The van der Waals surface area contributed by atoms with Crippen LogP contribution in [0.1, 0.15) is 29.5 Å². The third-order valence-electron chi connectivity index (χ3n) is 5.63. The lowest BCUT2D eigenvalue weighted by molar-refractivity contribution is -0.143. The van der Waals surface area contributed by atoms with Gasteiger partial charge in [0.05, 0.1) is 26.2 Å². The second-order valence-electron chi connectivity index (χ2n) is 7.72. The van der Waals surface area contributed by atoms with Gasteiger partial charge in [-0.2, -0.15) is 0 Å². The fourth-order valence-electron chi connectivity index (χ4n) is 3.93. The number of nitrogens with zero attached hydrogens (tertiary/aromatic N) is 1. The number of ether oxygens (including phenoxy) is 2. The largest absolute Gasteiger partial charge is 0.497 e. The molecule has 1 fully saturated rings. The van der Waals surface area contributed by atoms with Crippen LogP contribution in [0.3, 0.4) is 0 Å².